The van der Waals surface area contributed by atoms with E-state index in [9.17, 15) is 0 Å². The van der Waals surface area contributed by atoms with Crippen LogP contribution < -0.4 is 5.32 Å². The van der Waals surface area contributed by atoms with Crippen LogP contribution in [0, 0.1) is 0 Å². The van der Waals surface area contributed by atoms with Gasteiger partial charge >= 0.3 is 0 Å². The number of methoxy groups -OCH3 is 1. The van der Waals surface area contributed by atoms with E-state index in [1.807, 2.05) is 13.1 Å². The van der Waals surface area contributed by atoms with Crippen molar-refractivity contribution in [1.82, 2.24) is 10.3 Å². The molecule has 108 valence electrons. The average molecular weight is 290 g/mol. The number of rotatable bonds is 6. The number of hydrogen-bond donors (Lipinski definition) is 1. The van der Waals surface area contributed by atoms with Crippen molar-refractivity contribution in [3.05, 3.63) is 51.5 Å². The number of nitrogens with one attached hydrogen (secondary N) is 1. The van der Waals surface area contributed by atoms with E-state index in [0.29, 0.717) is 6.61 Å². The van der Waals surface area contributed by atoms with E-state index in [1.165, 1.54) is 10.4 Å². The number of ether oxygens (including phenoxy) is 1. The van der Waals surface area contributed by atoms with Crippen LogP contribution in [0.25, 0.3) is 0 Å². The summed E-state index contributed by atoms with van der Waals surface area (Å²) in [5.74, 6) is 0. The van der Waals surface area contributed by atoms with Gasteiger partial charge in [0.25, 0.3) is 0 Å². The van der Waals surface area contributed by atoms with Crippen molar-refractivity contribution in [2.45, 2.75) is 32.4 Å². The highest BCUT2D eigenvalue weighted by Gasteiger charge is 2.28. The summed E-state index contributed by atoms with van der Waals surface area (Å²) >= 11 is 1.77. The number of hydrogen-bond acceptors (Lipinski definition) is 4. The first kappa shape index (κ1) is 15.2. The summed E-state index contributed by atoms with van der Waals surface area (Å²) in [6.07, 6.45) is 0. The van der Waals surface area contributed by atoms with Crippen molar-refractivity contribution < 1.29 is 4.74 Å². The molecular formula is C16H22N2OS. The van der Waals surface area contributed by atoms with Crippen LogP contribution in [0.15, 0.2) is 30.3 Å². The van der Waals surface area contributed by atoms with Crippen LogP contribution in [0.2, 0.25) is 0 Å². The molecule has 0 saturated heterocycles. The van der Waals surface area contributed by atoms with E-state index in [0.717, 1.165) is 17.2 Å². The maximum Gasteiger partial charge on any atom is 0.103 e. The number of thiazole rings is 1. The molecule has 2 rings (SSSR count). The Balaban J connectivity index is 2.39. The van der Waals surface area contributed by atoms with Gasteiger partial charge in [0.05, 0.1) is 12.3 Å². The van der Waals surface area contributed by atoms with E-state index >= 15 is 0 Å². The van der Waals surface area contributed by atoms with Crippen LogP contribution in [0.4, 0.5) is 0 Å². The third-order valence-corrected chi connectivity index (χ3v) is 4.85. The molecule has 0 spiro atoms. The zero-order valence-corrected chi connectivity index (χ0v) is 13.4. The van der Waals surface area contributed by atoms with Gasteiger partial charge in [0.2, 0.25) is 0 Å². The number of nitrogens with zero attached hydrogens (tertiary/aromatic N) is 1. The van der Waals surface area contributed by atoms with Gasteiger partial charge in [0.15, 0.2) is 0 Å². The van der Waals surface area contributed by atoms with Gasteiger partial charge in [-0.25, -0.2) is 4.98 Å². The molecule has 0 aliphatic heterocycles. The van der Waals surface area contributed by atoms with Crippen LogP contribution in [-0.2, 0) is 23.3 Å². The van der Waals surface area contributed by atoms with E-state index in [-0.39, 0.29) is 5.41 Å². The topological polar surface area (TPSA) is 34.2 Å². The van der Waals surface area contributed by atoms with Crippen molar-refractivity contribution >= 4 is 11.3 Å². The van der Waals surface area contributed by atoms with Crippen molar-refractivity contribution in [3.8, 4) is 0 Å². The van der Waals surface area contributed by atoms with Gasteiger partial charge in [-0.2, -0.15) is 0 Å². The van der Waals surface area contributed by atoms with Crippen molar-refractivity contribution in [2.75, 3.05) is 14.2 Å². The lowest BCUT2D eigenvalue weighted by atomic mass is 9.85. The van der Waals surface area contributed by atoms with E-state index in [2.05, 4.69) is 43.4 Å². The van der Waals surface area contributed by atoms with E-state index < -0.39 is 0 Å². The summed E-state index contributed by atoms with van der Waals surface area (Å²) in [5, 5.41) is 4.34. The molecule has 0 amide bonds. The average Bonchev–Trinajstić information content (AvgIpc) is 2.85. The molecule has 1 aromatic carbocycles. The fourth-order valence-corrected chi connectivity index (χ4v) is 3.38. The molecule has 0 fully saturated rings. The first-order valence-corrected chi connectivity index (χ1v) is 7.59. The van der Waals surface area contributed by atoms with Crippen molar-refractivity contribution in [3.63, 3.8) is 0 Å². The minimum absolute atomic E-state index is 0.0829. The molecule has 2 aromatic rings. The smallest absolute Gasteiger partial charge is 0.103 e. The molecule has 0 aliphatic carbocycles. The zero-order valence-electron chi connectivity index (χ0n) is 12.6. The SMILES string of the molecule is CNCc1sc(C(C)(C)c2ccccc2)nc1COC. The van der Waals surface area contributed by atoms with Crippen LogP contribution in [0.5, 0.6) is 0 Å². The van der Waals surface area contributed by atoms with Crippen LogP contribution >= 0.6 is 11.3 Å². The predicted octanol–water partition coefficient (Wildman–Crippen LogP) is 3.33. The maximum atomic E-state index is 5.26. The van der Waals surface area contributed by atoms with Gasteiger partial charge in [0.1, 0.15) is 5.01 Å². The summed E-state index contributed by atoms with van der Waals surface area (Å²) in [5.41, 5.74) is 2.25. The summed E-state index contributed by atoms with van der Waals surface area (Å²) in [7, 11) is 3.67. The molecule has 3 nitrogen and oxygen atoms in total. The van der Waals surface area contributed by atoms with Gasteiger partial charge in [-0.3, -0.25) is 0 Å². The van der Waals surface area contributed by atoms with Crippen LogP contribution in [0.3, 0.4) is 0 Å². The fourth-order valence-electron chi connectivity index (χ4n) is 2.18. The highest BCUT2D eigenvalue weighted by molar-refractivity contribution is 7.12. The Morgan fingerprint density at radius 1 is 1.25 bits per heavy atom. The normalized spacial score (nSPS) is 11.8. The van der Waals surface area contributed by atoms with Crippen molar-refractivity contribution in [2.24, 2.45) is 0 Å². The standard InChI is InChI=1S/C16H22N2OS/c1-16(2,12-8-6-5-7-9-12)15-18-13(11-19-4)14(20-15)10-17-3/h5-9,17H,10-11H2,1-4H3. The molecule has 1 aromatic heterocycles. The quantitative estimate of drug-likeness (QED) is 0.886. The molecule has 1 N–H and O–H groups in total. The lowest BCUT2D eigenvalue weighted by Crippen LogP contribution is -2.18. The third-order valence-electron chi connectivity index (χ3n) is 3.43. The first-order chi connectivity index (χ1) is 9.59. The summed E-state index contributed by atoms with van der Waals surface area (Å²) in [6, 6.07) is 10.5. The predicted molar refractivity (Wildman–Crippen MR) is 84.2 cm³/mol. The van der Waals surface area contributed by atoms with E-state index in [4.69, 9.17) is 9.72 Å². The van der Waals surface area contributed by atoms with Gasteiger partial charge in [-0.15, -0.1) is 11.3 Å². The largest absolute Gasteiger partial charge is 0.378 e. The molecule has 0 atom stereocenters. The zero-order chi connectivity index (χ0) is 14.6. The second-order valence-corrected chi connectivity index (χ2v) is 6.43. The molecule has 20 heavy (non-hydrogen) atoms. The molecule has 0 bridgehead atoms. The lowest BCUT2D eigenvalue weighted by molar-refractivity contribution is 0.181. The third kappa shape index (κ3) is 3.08. The van der Waals surface area contributed by atoms with Crippen LogP contribution in [-0.4, -0.2) is 19.1 Å². The van der Waals surface area contributed by atoms with E-state index in [1.54, 1.807) is 18.4 Å². The van der Waals surface area contributed by atoms with Gasteiger partial charge in [-0.1, -0.05) is 30.3 Å². The minimum atomic E-state index is -0.0829. The van der Waals surface area contributed by atoms with Gasteiger partial charge in [0, 0.05) is 23.9 Å². The second kappa shape index (κ2) is 6.48. The van der Waals surface area contributed by atoms with Gasteiger partial charge in [-0.05, 0) is 26.5 Å². The Kier molecular flexibility index (Phi) is 4.91. The molecule has 0 unspecified atom stereocenters. The number of benzene rings is 1. The fraction of sp³-hybridized carbons (Fsp3) is 0.438. The Morgan fingerprint density at radius 3 is 2.55 bits per heavy atom. The monoisotopic (exact) mass is 290 g/mol. The first-order valence-electron chi connectivity index (χ1n) is 6.77. The summed E-state index contributed by atoms with van der Waals surface area (Å²) in [4.78, 5) is 6.08. The molecular weight excluding hydrogens is 268 g/mol. The molecule has 1 heterocycles. The Bertz CT molecular complexity index is 525. The number of aromatic nitrogens is 1. The molecule has 0 radical (unpaired) electrons. The molecule has 4 heteroatoms. The Labute approximate surface area is 125 Å². The Morgan fingerprint density at radius 2 is 1.95 bits per heavy atom. The molecule has 0 aliphatic rings. The highest BCUT2D eigenvalue weighted by Crippen LogP contribution is 2.35. The lowest BCUT2D eigenvalue weighted by Gasteiger charge is -2.22. The Hall–Kier alpha value is -1.23. The second-order valence-electron chi connectivity index (χ2n) is 5.34. The minimum Gasteiger partial charge on any atom is -0.378 e. The van der Waals surface area contributed by atoms with Crippen LogP contribution in [0.1, 0.15) is 35.0 Å². The molecule has 0 saturated carbocycles. The highest BCUT2D eigenvalue weighted by atomic mass is 32.1. The summed E-state index contributed by atoms with van der Waals surface area (Å²) in [6.45, 7) is 5.85. The maximum absolute atomic E-state index is 5.26. The van der Waals surface area contributed by atoms with Gasteiger partial charge < -0.3 is 10.1 Å². The van der Waals surface area contributed by atoms with Crippen molar-refractivity contribution in [1.29, 1.82) is 0 Å². The summed E-state index contributed by atoms with van der Waals surface area (Å²) < 4.78 is 5.26.